The van der Waals surface area contributed by atoms with Crippen LogP contribution >= 0.6 is 0 Å². The third-order valence-electron chi connectivity index (χ3n) is 11.4. The molecule has 8 rings (SSSR count). The molecule has 4 fully saturated rings. The fourth-order valence-electron chi connectivity index (χ4n) is 8.81. The number of halogens is 3. The number of anilines is 1. The fourth-order valence-corrected chi connectivity index (χ4v) is 8.81. The van der Waals surface area contributed by atoms with Crippen molar-refractivity contribution in [1.82, 2.24) is 24.8 Å². The fraction of sp³-hybridized carbons (Fsp3) is 0.474. The lowest BCUT2D eigenvalue weighted by molar-refractivity contribution is -0.137. The van der Waals surface area contributed by atoms with Gasteiger partial charge in [-0.15, -0.1) is 6.42 Å². The second-order valence-corrected chi connectivity index (χ2v) is 14.8. The molecule has 0 radical (unpaired) electrons. The molecule has 0 spiro atoms. The van der Waals surface area contributed by atoms with Gasteiger partial charge in [0.05, 0.1) is 22.5 Å². The molecule has 266 valence electrons. The van der Waals surface area contributed by atoms with Gasteiger partial charge in [-0.1, -0.05) is 25.8 Å². The van der Waals surface area contributed by atoms with Gasteiger partial charge in [-0.2, -0.15) is 9.97 Å². The van der Waals surface area contributed by atoms with Crippen LogP contribution in [-0.2, 0) is 4.79 Å². The van der Waals surface area contributed by atoms with Crippen molar-refractivity contribution in [2.24, 2.45) is 11.7 Å². The van der Waals surface area contributed by atoms with E-state index in [1.54, 1.807) is 0 Å². The van der Waals surface area contributed by atoms with Crippen LogP contribution in [0.25, 0.3) is 32.9 Å². The van der Waals surface area contributed by atoms with Crippen molar-refractivity contribution in [1.29, 1.82) is 0 Å². The SMILES string of the molecule is C#Cc1c(F)ccc2cc(O)cc(-c3ncc4c(N5CC6CCC(C5)N6C(=O)[C@@H](N)C(C)C)nc(OC[C@@]56CCCN5C[C@H](F)C6)nc4c3F)c12. The summed E-state index contributed by atoms with van der Waals surface area (Å²) in [5.74, 6) is 1.01. The van der Waals surface area contributed by atoms with Crippen LogP contribution in [0.5, 0.6) is 11.8 Å². The molecule has 3 N–H and O–H groups in total. The molecule has 2 bridgehead atoms. The Balaban J connectivity index is 1.24. The van der Waals surface area contributed by atoms with Crippen molar-refractivity contribution in [3.8, 4) is 35.4 Å². The van der Waals surface area contributed by atoms with Crippen LogP contribution in [0.4, 0.5) is 19.0 Å². The summed E-state index contributed by atoms with van der Waals surface area (Å²) in [6.45, 7) is 6.00. The highest BCUT2D eigenvalue weighted by Gasteiger charge is 2.50. The Kier molecular flexibility index (Phi) is 8.22. The van der Waals surface area contributed by atoms with Crippen molar-refractivity contribution in [3.63, 3.8) is 0 Å². The summed E-state index contributed by atoms with van der Waals surface area (Å²) >= 11 is 0. The number of phenolic OH excluding ortho intramolecular Hbond substituents is 1. The lowest BCUT2D eigenvalue weighted by atomic mass is 9.95. The van der Waals surface area contributed by atoms with Gasteiger partial charge in [0.15, 0.2) is 5.82 Å². The van der Waals surface area contributed by atoms with Crippen molar-refractivity contribution in [2.45, 2.75) is 75.8 Å². The van der Waals surface area contributed by atoms with Crippen molar-refractivity contribution < 1.29 is 27.8 Å². The van der Waals surface area contributed by atoms with Crippen LogP contribution in [0, 0.1) is 29.9 Å². The van der Waals surface area contributed by atoms with Crippen LogP contribution in [0.3, 0.4) is 0 Å². The first-order chi connectivity index (χ1) is 24.5. The first kappa shape index (κ1) is 33.5. The molecule has 2 aromatic carbocycles. The van der Waals surface area contributed by atoms with Crippen LogP contribution in [0.15, 0.2) is 30.5 Å². The van der Waals surface area contributed by atoms with Crippen LogP contribution in [-0.4, -0.2) is 98.4 Å². The van der Waals surface area contributed by atoms with Crippen molar-refractivity contribution in [2.75, 3.05) is 37.7 Å². The van der Waals surface area contributed by atoms with E-state index in [0.29, 0.717) is 42.6 Å². The number of carbonyl (C=O) groups is 1. The average molecular weight is 700 g/mol. The topological polar surface area (TPSA) is 121 Å². The number of fused-ring (bicyclic) bond motifs is 5. The molecule has 10 nitrogen and oxygen atoms in total. The zero-order chi connectivity index (χ0) is 35.8. The molecule has 5 atom stereocenters. The van der Waals surface area contributed by atoms with Gasteiger partial charge in [-0.25, -0.2) is 13.2 Å². The first-order valence-corrected chi connectivity index (χ1v) is 17.6. The summed E-state index contributed by atoms with van der Waals surface area (Å²) in [6, 6.07) is 4.48. The molecular formula is C38H40F3N7O3. The maximum absolute atomic E-state index is 17.0. The minimum absolute atomic E-state index is 0.0108. The summed E-state index contributed by atoms with van der Waals surface area (Å²) in [6.07, 6.45) is 9.83. The molecule has 4 aromatic rings. The van der Waals surface area contributed by atoms with E-state index in [2.05, 4.69) is 20.8 Å². The molecule has 2 aromatic heterocycles. The third kappa shape index (κ3) is 5.51. The Morgan fingerprint density at radius 1 is 1.18 bits per heavy atom. The number of amides is 1. The number of hydrogen-bond acceptors (Lipinski definition) is 9. The van der Waals surface area contributed by atoms with Crippen LogP contribution < -0.4 is 15.4 Å². The number of phenols is 1. The number of nitrogens with zero attached hydrogens (tertiary/aromatic N) is 6. The predicted octanol–water partition coefficient (Wildman–Crippen LogP) is 4.93. The lowest BCUT2D eigenvalue weighted by Gasteiger charge is -2.43. The van der Waals surface area contributed by atoms with Crippen molar-refractivity contribution >= 4 is 33.4 Å². The number of nitrogens with two attached hydrogens (primary N) is 1. The standard InChI is InChI=1S/C38H40F3N7O3/c1-4-26-29(40)9-6-21-12-25(49)13-27(30(21)26)33-31(41)34-28(15-43-33)35(45-37(44-34)51-19-38-10-5-11-47(38)16-22(39)14-38)46-17-23-7-8-24(18-46)48(23)36(50)32(42)20(2)3/h1,6,9,12-13,15,20,22-24,32,49H,5,7-8,10-11,14,16-19,42H2,2-3H3/t22-,23?,24?,32+,38+/m1/s1. The van der Waals surface area contributed by atoms with Gasteiger partial charge in [0, 0.05) is 55.3 Å². The lowest BCUT2D eigenvalue weighted by Crippen LogP contribution is -2.60. The number of aromatic hydroxyl groups is 1. The summed E-state index contributed by atoms with van der Waals surface area (Å²) in [5.41, 5.74) is 5.56. The van der Waals surface area contributed by atoms with Gasteiger partial charge in [0.25, 0.3) is 0 Å². The van der Waals surface area contributed by atoms with Gasteiger partial charge in [-0.3, -0.25) is 14.7 Å². The van der Waals surface area contributed by atoms with E-state index in [1.807, 2.05) is 23.6 Å². The number of aromatic nitrogens is 3. The van der Waals surface area contributed by atoms with Crippen LogP contribution in [0.2, 0.25) is 0 Å². The molecule has 0 aliphatic carbocycles. The number of benzene rings is 2. The van der Waals surface area contributed by atoms with E-state index in [1.165, 1.54) is 30.5 Å². The zero-order valence-corrected chi connectivity index (χ0v) is 28.6. The van der Waals surface area contributed by atoms with Gasteiger partial charge in [0.1, 0.15) is 41.4 Å². The molecule has 4 saturated heterocycles. The molecule has 51 heavy (non-hydrogen) atoms. The number of terminal acetylenes is 1. The van der Waals surface area contributed by atoms with E-state index in [-0.39, 0.29) is 70.0 Å². The average Bonchev–Trinajstić information content (AvgIpc) is 3.72. The summed E-state index contributed by atoms with van der Waals surface area (Å²) in [7, 11) is 0. The molecule has 1 amide bonds. The molecular weight excluding hydrogens is 659 g/mol. The van der Waals surface area contributed by atoms with E-state index in [4.69, 9.17) is 21.9 Å². The van der Waals surface area contributed by atoms with Gasteiger partial charge < -0.3 is 25.4 Å². The number of alkyl halides is 1. The Bertz CT molecular complexity index is 2090. The van der Waals surface area contributed by atoms with Gasteiger partial charge in [-0.05, 0) is 61.7 Å². The number of hydrogen-bond donors (Lipinski definition) is 2. The monoisotopic (exact) mass is 699 g/mol. The first-order valence-electron chi connectivity index (χ1n) is 17.6. The largest absolute Gasteiger partial charge is 0.508 e. The smallest absolute Gasteiger partial charge is 0.319 e. The molecule has 13 heteroatoms. The second kappa shape index (κ2) is 12.5. The van der Waals surface area contributed by atoms with E-state index >= 15 is 4.39 Å². The normalized spacial score (nSPS) is 25.2. The highest BCUT2D eigenvalue weighted by molar-refractivity contribution is 6.03. The number of carbonyl (C=O) groups excluding carboxylic acids is 1. The highest BCUT2D eigenvalue weighted by Crippen LogP contribution is 2.42. The summed E-state index contributed by atoms with van der Waals surface area (Å²) in [5, 5.41) is 11.6. The molecule has 0 saturated carbocycles. The zero-order valence-electron chi connectivity index (χ0n) is 28.6. The predicted molar refractivity (Wildman–Crippen MR) is 187 cm³/mol. The van der Waals surface area contributed by atoms with E-state index in [9.17, 15) is 18.7 Å². The van der Waals surface area contributed by atoms with Crippen molar-refractivity contribution in [3.05, 3.63) is 47.7 Å². The van der Waals surface area contributed by atoms with Crippen LogP contribution in [0.1, 0.15) is 51.5 Å². The Labute approximate surface area is 293 Å². The molecule has 6 heterocycles. The Hall–Kier alpha value is -4.67. The minimum atomic E-state index is -0.957. The van der Waals surface area contributed by atoms with E-state index in [0.717, 1.165) is 32.2 Å². The van der Waals surface area contributed by atoms with Gasteiger partial charge >= 0.3 is 6.01 Å². The molecule has 4 aliphatic rings. The number of rotatable bonds is 7. The molecule has 4 aliphatic heterocycles. The minimum Gasteiger partial charge on any atom is -0.508 e. The number of pyridine rings is 1. The number of piperazine rings is 1. The maximum atomic E-state index is 17.0. The summed E-state index contributed by atoms with van der Waals surface area (Å²) < 4.78 is 52.8. The number of ether oxygens (including phenoxy) is 1. The summed E-state index contributed by atoms with van der Waals surface area (Å²) in [4.78, 5) is 33.4. The quantitative estimate of drug-likeness (QED) is 0.259. The molecule has 2 unspecified atom stereocenters. The third-order valence-corrected chi connectivity index (χ3v) is 11.4. The Morgan fingerprint density at radius 3 is 2.67 bits per heavy atom. The maximum Gasteiger partial charge on any atom is 0.319 e. The highest BCUT2D eigenvalue weighted by atomic mass is 19.1. The Morgan fingerprint density at radius 2 is 1.94 bits per heavy atom. The van der Waals surface area contributed by atoms with E-state index < -0.39 is 29.4 Å². The second-order valence-electron chi connectivity index (χ2n) is 14.8. The van der Waals surface area contributed by atoms with Gasteiger partial charge in [0.2, 0.25) is 5.91 Å².